The van der Waals surface area contributed by atoms with Crippen molar-refractivity contribution in [3.05, 3.63) is 29.8 Å². The Hall–Kier alpha value is -2.08. The number of carbonyl (C=O) groups excluding carboxylic acids is 2. The number of nitrogens with one attached hydrogen (secondary N) is 1. The maximum atomic E-state index is 12.1. The Morgan fingerprint density at radius 1 is 1.33 bits per heavy atom. The number of anilines is 1. The number of aliphatic hydroxyl groups excluding tert-OH is 1. The molecule has 1 rings (SSSR count). The van der Waals surface area contributed by atoms with Crippen molar-refractivity contribution in [2.24, 2.45) is 0 Å². The van der Waals surface area contributed by atoms with Crippen molar-refractivity contribution in [2.45, 2.75) is 26.4 Å². The van der Waals surface area contributed by atoms with Gasteiger partial charge in [-0.05, 0) is 31.0 Å². The highest BCUT2D eigenvalue weighted by atomic mass is 16.5. The number of urea groups is 1. The lowest BCUT2D eigenvalue weighted by molar-refractivity contribution is -0.141. The second kappa shape index (κ2) is 8.26. The Bertz CT molecular complexity index is 471. The van der Waals surface area contributed by atoms with E-state index in [1.165, 1.54) is 12.0 Å². The molecule has 0 radical (unpaired) electrons. The Morgan fingerprint density at radius 2 is 1.95 bits per heavy atom. The largest absolute Gasteiger partial charge is 0.468 e. The van der Waals surface area contributed by atoms with Gasteiger partial charge in [-0.25, -0.2) is 4.79 Å². The SMILES string of the molecule is CCCN(CC(=O)OC)C(=O)Nc1ccc(C(C)O)cc1. The lowest BCUT2D eigenvalue weighted by Gasteiger charge is -2.21. The van der Waals surface area contributed by atoms with Crippen LogP contribution in [-0.4, -0.2) is 42.2 Å². The molecule has 1 atom stereocenters. The van der Waals surface area contributed by atoms with Gasteiger partial charge in [-0.1, -0.05) is 19.1 Å². The fraction of sp³-hybridized carbons (Fsp3) is 0.467. The van der Waals surface area contributed by atoms with Gasteiger partial charge < -0.3 is 20.1 Å². The zero-order valence-electron chi connectivity index (χ0n) is 12.6. The minimum absolute atomic E-state index is 0.0814. The lowest BCUT2D eigenvalue weighted by atomic mass is 10.1. The molecule has 0 aliphatic carbocycles. The molecule has 0 aromatic heterocycles. The summed E-state index contributed by atoms with van der Waals surface area (Å²) in [6.45, 7) is 3.98. The predicted molar refractivity (Wildman–Crippen MR) is 80.0 cm³/mol. The molecule has 2 N–H and O–H groups in total. The number of amides is 2. The van der Waals surface area contributed by atoms with Crippen LogP contribution in [0, 0.1) is 0 Å². The maximum absolute atomic E-state index is 12.1. The first kappa shape index (κ1) is 17.0. The molecule has 0 spiro atoms. The third-order valence-electron chi connectivity index (χ3n) is 2.97. The van der Waals surface area contributed by atoms with Crippen molar-refractivity contribution in [1.29, 1.82) is 0 Å². The summed E-state index contributed by atoms with van der Waals surface area (Å²) >= 11 is 0. The number of hydrogen-bond acceptors (Lipinski definition) is 4. The number of benzene rings is 1. The van der Waals surface area contributed by atoms with Gasteiger partial charge in [0.05, 0.1) is 13.2 Å². The highest BCUT2D eigenvalue weighted by Crippen LogP contribution is 2.16. The quantitative estimate of drug-likeness (QED) is 0.788. The summed E-state index contributed by atoms with van der Waals surface area (Å²) in [6.07, 6.45) is 0.191. The number of nitrogens with zero attached hydrogens (tertiary/aromatic N) is 1. The molecule has 0 saturated heterocycles. The Morgan fingerprint density at radius 3 is 2.43 bits per heavy atom. The highest BCUT2D eigenvalue weighted by Gasteiger charge is 2.16. The van der Waals surface area contributed by atoms with Gasteiger partial charge in [0.1, 0.15) is 6.54 Å². The Kier molecular flexibility index (Phi) is 6.68. The van der Waals surface area contributed by atoms with Crippen molar-refractivity contribution in [2.75, 3.05) is 25.5 Å². The van der Waals surface area contributed by atoms with Crippen molar-refractivity contribution in [3.63, 3.8) is 0 Å². The van der Waals surface area contributed by atoms with Crippen LogP contribution in [0.3, 0.4) is 0 Å². The van der Waals surface area contributed by atoms with Gasteiger partial charge in [0, 0.05) is 12.2 Å². The maximum Gasteiger partial charge on any atom is 0.325 e. The van der Waals surface area contributed by atoms with Crippen LogP contribution in [0.25, 0.3) is 0 Å². The van der Waals surface area contributed by atoms with E-state index in [9.17, 15) is 14.7 Å². The summed E-state index contributed by atoms with van der Waals surface area (Å²) < 4.78 is 4.58. The second-order valence-corrected chi connectivity index (χ2v) is 4.73. The lowest BCUT2D eigenvalue weighted by Crippen LogP contribution is -2.39. The van der Waals surface area contributed by atoms with Crippen molar-refractivity contribution < 1.29 is 19.4 Å². The van der Waals surface area contributed by atoms with E-state index >= 15 is 0 Å². The topological polar surface area (TPSA) is 78.9 Å². The first-order chi connectivity index (χ1) is 9.97. The van der Waals surface area contributed by atoms with E-state index in [4.69, 9.17) is 0 Å². The van der Waals surface area contributed by atoms with Gasteiger partial charge in [-0.3, -0.25) is 4.79 Å². The number of hydrogen-bond donors (Lipinski definition) is 2. The molecular weight excluding hydrogens is 272 g/mol. The molecule has 6 heteroatoms. The van der Waals surface area contributed by atoms with Crippen LogP contribution in [0.4, 0.5) is 10.5 Å². The number of aliphatic hydroxyl groups is 1. The standard InChI is InChI=1S/C15H22N2O4/c1-4-9-17(10-14(19)21-3)15(20)16-13-7-5-12(6-8-13)11(2)18/h5-8,11,18H,4,9-10H2,1-3H3,(H,16,20). The van der Waals surface area contributed by atoms with E-state index in [2.05, 4.69) is 10.1 Å². The van der Waals surface area contributed by atoms with Crippen LogP contribution in [0.15, 0.2) is 24.3 Å². The number of rotatable bonds is 6. The smallest absolute Gasteiger partial charge is 0.325 e. The average Bonchev–Trinajstić information content (AvgIpc) is 2.47. The monoisotopic (exact) mass is 294 g/mol. The van der Waals surface area contributed by atoms with E-state index in [-0.39, 0.29) is 12.6 Å². The van der Waals surface area contributed by atoms with E-state index in [1.54, 1.807) is 31.2 Å². The fourth-order valence-electron chi connectivity index (χ4n) is 1.79. The normalized spacial score (nSPS) is 11.6. The number of ether oxygens (including phenoxy) is 1. The minimum atomic E-state index is -0.550. The summed E-state index contributed by atoms with van der Waals surface area (Å²) in [5, 5.41) is 12.2. The van der Waals surface area contributed by atoms with Gasteiger partial charge in [0.15, 0.2) is 0 Å². The van der Waals surface area contributed by atoms with Crippen LogP contribution in [0.5, 0.6) is 0 Å². The van der Waals surface area contributed by atoms with E-state index in [0.29, 0.717) is 12.2 Å². The van der Waals surface area contributed by atoms with Gasteiger partial charge in [-0.15, -0.1) is 0 Å². The molecule has 0 heterocycles. The first-order valence-corrected chi connectivity index (χ1v) is 6.88. The fourth-order valence-corrected chi connectivity index (χ4v) is 1.79. The third-order valence-corrected chi connectivity index (χ3v) is 2.97. The van der Waals surface area contributed by atoms with Crippen molar-refractivity contribution in [1.82, 2.24) is 4.90 Å². The molecule has 1 aromatic rings. The van der Waals surface area contributed by atoms with E-state index in [0.717, 1.165) is 12.0 Å². The molecule has 1 aromatic carbocycles. The summed E-state index contributed by atoms with van der Waals surface area (Å²) in [4.78, 5) is 24.8. The molecule has 0 bridgehead atoms. The average molecular weight is 294 g/mol. The third kappa shape index (κ3) is 5.43. The second-order valence-electron chi connectivity index (χ2n) is 4.73. The Labute approximate surface area is 124 Å². The zero-order valence-corrected chi connectivity index (χ0v) is 12.6. The summed E-state index contributed by atoms with van der Waals surface area (Å²) in [7, 11) is 1.29. The van der Waals surface area contributed by atoms with Gasteiger partial charge in [0.25, 0.3) is 0 Å². The van der Waals surface area contributed by atoms with E-state index in [1.807, 2.05) is 6.92 Å². The van der Waals surface area contributed by atoms with Crippen molar-refractivity contribution in [3.8, 4) is 0 Å². The molecule has 116 valence electrons. The predicted octanol–water partition coefficient (Wildman–Crippen LogP) is 2.16. The van der Waals surface area contributed by atoms with Crippen LogP contribution >= 0.6 is 0 Å². The molecule has 0 aliphatic heterocycles. The van der Waals surface area contributed by atoms with E-state index < -0.39 is 12.1 Å². The van der Waals surface area contributed by atoms with Crippen LogP contribution in [0.1, 0.15) is 31.9 Å². The molecule has 21 heavy (non-hydrogen) atoms. The zero-order chi connectivity index (χ0) is 15.8. The molecule has 0 saturated carbocycles. The first-order valence-electron chi connectivity index (χ1n) is 6.88. The van der Waals surface area contributed by atoms with Gasteiger partial charge >= 0.3 is 12.0 Å². The highest BCUT2D eigenvalue weighted by molar-refractivity contribution is 5.91. The van der Waals surface area contributed by atoms with Crippen molar-refractivity contribution >= 4 is 17.7 Å². The number of methoxy groups -OCH3 is 1. The van der Waals surface area contributed by atoms with Gasteiger partial charge in [-0.2, -0.15) is 0 Å². The summed E-state index contributed by atoms with van der Waals surface area (Å²) in [5.74, 6) is -0.456. The molecular formula is C15H22N2O4. The summed E-state index contributed by atoms with van der Waals surface area (Å²) in [5.41, 5.74) is 1.38. The van der Waals surface area contributed by atoms with Crippen LogP contribution in [0.2, 0.25) is 0 Å². The minimum Gasteiger partial charge on any atom is -0.468 e. The van der Waals surface area contributed by atoms with Crippen LogP contribution < -0.4 is 5.32 Å². The Balaban J connectivity index is 2.69. The number of esters is 1. The molecule has 2 amide bonds. The van der Waals surface area contributed by atoms with Gasteiger partial charge in [0.2, 0.25) is 0 Å². The molecule has 6 nitrogen and oxygen atoms in total. The van der Waals surface area contributed by atoms with Crippen LogP contribution in [-0.2, 0) is 9.53 Å². The molecule has 0 fully saturated rings. The summed E-state index contributed by atoms with van der Waals surface area (Å²) in [6, 6.07) is 6.55. The molecule has 0 aliphatic rings. The molecule has 1 unspecified atom stereocenters. The number of carbonyl (C=O) groups is 2.